The van der Waals surface area contributed by atoms with Crippen LogP contribution in [-0.4, -0.2) is 18.1 Å². The number of ether oxygens (including phenoxy) is 1. The molecule has 106 valence electrons. The summed E-state index contributed by atoms with van der Waals surface area (Å²) in [6, 6.07) is 13.5. The molecule has 2 aromatic carbocycles. The van der Waals surface area contributed by atoms with E-state index in [9.17, 15) is 10.1 Å². The van der Waals surface area contributed by atoms with Crippen LogP contribution in [0.5, 0.6) is 5.75 Å². The van der Waals surface area contributed by atoms with Gasteiger partial charge in [-0.1, -0.05) is 12.0 Å². The summed E-state index contributed by atoms with van der Waals surface area (Å²) < 4.78 is 5.49. The van der Waals surface area contributed by atoms with Crippen molar-refractivity contribution in [1.82, 2.24) is 0 Å². The Labute approximate surface area is 122 Å². The Morgan fingerprint density at radius 1 is 1.24 bits per heavy atom. The van der Waals surface area contributed by atoms with Crippen LogP contribution in [0, 0.1) is 22.5 Å². The first-order valence-corrected chi connectivity index (χ1v) is 6.37. The van der Waals surface area contributed by atoms with Gasteiger partial charge in [0.15, 0.2) is 0 Å². The van der Waals surface area contributed by atoms with Gasteiger partial charge < -0.3 is 10.1 Å². The monoisotopic (exact) mass is 282 g/mol. The largest absolute Gasteiger partial charge is 0.492 e. The fourth-order valence-corrected chi connectivity index (χ4v) is 1.75. The van der Waals surface area contributed by atoms with E-state index in [4.69, 9.17) is 11.2 Å². The van der Waals surface area contributed by atoms with Crippen LogP contribution < -0.4 is 10.1 Å². The number of nitro groups is 1. The lowest BCUT2D eigenvalue weighted by atomic mass is 10.2. The zero-order valence-corrected chi connectivity index (χ0v) is 11.3. The number of benzene rings is 2. The summed E-state index contributed by atoms with van der Waals surface area (Å²) in [5, 5.41) is 13.7. The Hall–Kier alpha value is -3.00. The molecule has 0 saturated heterocycles. The summed E-state index contributed by atoms with van der Waals surface area (Å²) in [7, 11) is 0. The van der Waals surface area contributed by atoms with Gasteiger partial charge in [0.25, 0.3) is 5.69 Å². The Bertz CT molecular complexity index is 660. The molecule has 0 aromatic heterocycles. The predicted molar refractivity (Wildman–Crippen MR) is 81.5 cm³/mol. The second-order valence-corrected chi connectivity index (χ2v) is 4.25. The van der Waals surface area contributed by atoms with Crippen molar-refractivity contribution in [1.29, 1.82) is 0 Å². The zero-order valence-electron chi connectivity index (χ0n) is 11.3. The maximum absolute atomic E-state index is 10.5. The summed E-state index contributed by atoms with van der Waals surface area (Å²) in [6.45, 7) is 1.04. The fourth-order valence-electron chi connectivity index (χ4n) is 1.75. The molecule has 0 radical (unpaired) electrons. The molecule has 1 N–H and O–H groups in total. The van der Waals surface area contributed by atoms with Gasteiger partial charge in [0.05, 0.1) is 4.92 Å². The van der Waals surface area contributed by atoms with Crippen LogP contribution in [0.2, 0.25) is 0 Å². The summed E-state index contributed by atoms with van der Waals surface area (Å²) >= 11 is 0. The van der Waals surface area contributed by atoms with E-state index in [0.29, 0.717) is 18.9 Å². The highest BCUT2D eigenvalue weighted by atomic mass is 16.6. The molecule has 0 amide bonds. The van der Waals surface area contributed by atoms with Crippen LogP contribution in [-0.2, 0) is 0 Å². The van der Waals surface area contributed by atoms with Crippen LogP contribution in [0.1, 0.15) is 5.56 Å². The third-order valence-corrected chi connectivity index (χ3v) is 2.78. The van der Waals surface area contributed by atoms with Crippen molar-refractivity contribution < 1.29 is 9.66 Å². The Kier molecular flexibility index (Phi) is 4.78. The van der Waals surface area contributed by atoms with Crippen molar-refractivity contribution in [2.45, 2.75) is 0 Å². The van der Waals surface area contributed by atoms with E-state index < -0.39 is 4.92 Å². The van der Waals surface area contributed by atoms with Crippen LogP contribution in [0.15, 0.2) is 48.5 Å². The minimum absolute atomic E-state index is 0.0478. The molecule has 5 heteroatoms. The Balaban J connectivity index is 1.79. The van der Waals surface area contributed by atoms with E-state index in [-0.39, 0.29) is 5.69 Å². The summed E-state index contributed by atoms with van der Waals surface area (Å²) in [6.07, 6.45) is 5.33. The first kappa shape index (κ1) is 14.4. The zero-order chi connectivity index (χ0) is 15.1. The van der Waals surface area contributed by atoms with E-state index in [2.05, 4.69) is 11.2 Å². The summed E-state index contributed by atoms with van der Waals surface area (Å²) in [4.78, 5) is 10.1. The van der Waals surface area contributed by atoms with Crippen molar-refractivity contribution in [3.05, 3.63) is 64.2 Å². The molecule has 0 aliphatic rings. The highest BCUT2D eigenvalue weighted by Gasteiger charge is 2.04. The number of hydrogen-bond donors (Lipinski definition) is 1. The van der Waals surface area contributed by atoms with E-state index in [1.807, 2.05) is 24.3 Å². The predicted octanol–water partition coefficient (Wildman–Crippen LogP) is 3.07. The minimum Gasteiger partial charge on any atom is -0.492 e. The average Bonchev–Trinajstić information content (AvgIpc) is 2.52. The topological polar surface area (TPSA) is 64.4 Å². The maximum Gasteiger partial charge on any atom is 0.269 e. The van der Waals surface area contributed by atoms with Crippen LogP contribution >= 0.6 is 0 Å². The van der Waals surface area contributed by atoms with Crippen LogP contribution in [0.3, 0.4) is 0 Å². The molecule has 0 aliphatic carbocycles. The number of terminal acetylenes is 1. The summed E-state index contributed by atoms with van der Waals surface area (Å²) in [5.74, 6) is 3.17. The fraction of sp³-hybridized carbons (Fsp3) is 0.125. The molecule has 21 heavy (non-hydrogen) atoms. The molecule has 0 aliphatic heterocycles. The lowest BCUT2D eigenvalue weighted by Gasteiger charge is -2.08. The molecule has 0 spiro atoms. The molecule has 0 saturated carbocycles. The van der Waals surface area contributed by atoms with E-state index >= 15 is 0 Å². The highest BCUT2D eigenvalue weighted by molar-refractivity contribution is 5.49. The van der Waals surface area contributed by atoms with Crippen molar-refractivity contribution in [2.75, 3.05) is 18.5 Å². The molecule has 2 aromatic rings. The van der Waals surface area contributed by atoms with E-state index in [1.54, 1.807) is 12.1 Å². The van der Waals surface area contributed by atoms with Crippen molar-refractivity contribution in [3.8, 4) is 18.1 Å². The third kappa shape index (κ3) is 4.25. The van der Waals surface area contributed by atoms with Gasteiger partial charge in [-0.25, -0.2) is 0 Å². The lowest BCUT2D eigenvalue weighted by Crippen LogP contribution is -2.11. The van der Waals surface area contributed by atoms with E-state index in [1.165, 1.54) is 12.1 Å². The van der Waals surface area contributed by atoms with Gasteiger partial charge in [-0.05, 0) is 30.3 Å². The number of nitrogens with zero attached hydrogens (tertiary/aromatic N) is 1. The second-order valence-electron chi connectivity index (χ2n) is 4.25. The molecular formula is C16H14N2O3. The first-order chi connectivity index (χ1) is 10.2. The minimum atomic E-state index is -0.441. The molecule has 0 atom stereocenters. The molecule has 0 heterocycles. The third-order valence-electron chi connectivity index (χ3n) is 2.78. The SMILES string of the molecule is C#Cc1cccc(NCCOc2ccc([N+](=O)[O-])cc2)c1. The smallest absolute Gasteiger partial charge is 0.269 e. The van der Waals surface area contributed by atoms with Crippen molar-refractivity contribution >= 4 is 11.4 Å². The average molecular weight is 282 g/mol. The Morgan fingerprint density at radius 2 is 2.00 bits per heavy atom. The maximum atomic E-state index is 10.5. The molecule has 0 unspecified atom stereocenters. The normalized spacial score (nSPS) is 9.67. The number of non-ortho nitro benzene ring substituents is 1. The van der Waals surface area contributed by atoms with Gasteiger partial charge in [0.2, 0.25) is 0 Å². The number of anilines is 1. The lowest BCUT2D eigenvalue weighted by molar-refractivity contribution is -0.384. The highest BCUT2D eigenvalue weighted by Crippen LogP contribution is 2.17. The van der Waals surface area contributed by atoms with Gasteiger partial charge >= 0.3 is 0 Å². The molecule has 5 nitrogen and oxygen atoms in total. The molecule has 0 fully saturated rings. The number of rotatable bonds is 6. The number of nitrogens with one attached hydrogen (secondary N) is 1. The standard InChI is InChI=1S/C16H14N2O3/c1-2-13-4-3-5-14(12-13)17-10-11-21-16-8-6-15(7-9-16)18(19)20/h1,3-9,12,17H,10-11H2. The second kappa shape index (κ2) is 6.96. The molecule has 2 rings (SSSR count). The van der Waals surface area contributed by atoms with Gasteiger partial charge in [0.1, 0.15) is 12.4 Å². The number of hydrogen-bond acceptors (Lipinski definition) is 4. The molecular weight excluding hydrogens is 268 g/mol. The van der Waals surface area contributed by atoms with E-state index in [0.717, 1.165) is 11.3 Å². The van der Waals surface area contributed by atoms with Crippen LogP contribution in [0.4, 0.5) is 11.4 Å². The Morgan fingerprint density at radius 3 is 2.67 bits per heavy atom. The van der Waals surface area contributed by atoms with Crippen molar-refractivity contribution in [3.63, 3.8) is 0 Å². The quantitative estimate of drug-likeness (QED) is 0.383. The number of nitro benzene ring substituents is 1. The summed E-state index contributed by atoms with van der Waals surface area (Å²) in [5.41, 5.74) is 1.79. The van der Waals surface area contributed by atoms with Gasteiger partial charge in [-0.2, -0.15) is 0 Å². The van der Waals surface area contributed by atoms with Crippen LogP contribution in [0.25, 0.3) is 0 Å². The first-order valence-electron chi connectivity index (χ1n) is 6.37. The van der Waals surface area contributed by atoms with Gasteiger partial charge in [-0.15, -0.1) is 6.42 Å². The molecule has 0 bridgehead atoms. The van der Waals surface area contributed by atoms with Gasteiger partial charge in [-0.3, -0.25) is 10.1 Å². The van der Waals surface area contributed by atoms with Gasteiger partial charge in [0, 0.05) is 29.9 Å². The van der Waals surface area contributed by atoms with Crippen molar-refractivity contribution in [2.24, 2.45) is 0 Å².